The Bertz CT molecular complexity index is 1070. The van der Waals surface area contributed by atoms with Crippen LogP contribution in [-0.4, -0.2) is 20.4 Å². The van der Waals surface area contributed by atoms with Crippen molar-refractivity contribution in [3.8, 4) is 5.69 Å². The molecule has 27 heavy (non-hydrogen) atoms. The Labute approximate surface area is 161 Å². The largest absolute Gasteiger partial charge is 0.366 e. The Morgan fingerprint density at radius 3 is 2.33 bits per heavy atom. The molecule has 0 spiro atoms. The third-order valence-corrected chi connectivity index (χ3v) is 4.44. The first-order valence-electron chi connectivity index (χ1n) is 8.21. The fourth-order valence-corrected chi connectivity index (χ4v) is 3.00. The van der Waals surface area contributed by atoms with Crippen molar-refractivity contribution in [1.29, 1.82) is 0 Å². The minimum absolute atomic E-state index is 0.190. The molecule has 1 amide bonds. The summed E-state index contributed by atoms with van der Waals surface area (Å²) in [4.78, 5) is 24.4. The maximum absolute atomic E-state index is 12.9. The van der Waals surface area contributed by atoms with E-state index in [0.717, 1.165) is 11.4 Å². The van der Waals surface area contributed by atoms with Crippen LogP contribution in [0.25, 0.3) is 5.69 Å². The second-order valence-electron chi connectivity index (χ2n) is 5.93. The first-order chi connectivity index (χ1) is 12.9. The van der Waals surface area contributed by atoms with E-state index in [1.165, 1.54) is 0 Å². The van der Waals surface area contributed by atoms with Gasteiger partial charge in [-0.1, -0.05) is 30.3 Å². The first-order valence-corrected chi connectivity index (χ1v) is 8.62. The van der Waals surface area contributed by atoms with Crippen molar-refractivity contribution in [2.75, 3.05) is 10.6 Å². The molecule has 0 aliphatic heterocycles. The molecule has 0 aliphatic rings. The van der Waals surface area contributed by atoms with Crippen molar-refractivity contribution < 1.29 is 4.79 Å². The van der Waals surface area contributed by atoms with E-state index in [1.807, 2.05) is 37.3 Å². The molecule has 3 rings (SSSR count). The number of nitrogens with two attached hydrogens (primary N) is 1. The highest BCUT2D eigenvalue weighted by Crippen LogP contribution is 2.17. The summed E-state index contributed by atoms with van der Waals surface area (Å²) in [5.41, 5.74) is 7.76. The number of anilines is 2. The number of primary amides is 1. The van der Waals surface area contributed by atoms with Gasteiger partial charge in [0.05, 0.1) is 22.6 Å². The highest BCUT2D eigenvalue weighted by molar-refractivity contribution is 7.80. The number of carbonyl (C=O) groups excluding carboxylic acids is 1. The van der Waals surface area contributed by atoms with Gasteiger partial charge in [-0.15, -0.1) is 0 Å². The number of carbonyl (C=O) groups is 1. The highest BCUT2D eigenvalue weighted by atomic mass is 32.1. The number of amides is 1. The van der Waals surface area contributed by atoms with Gasteiger partial charge in [-0.25, -0.2) is 4.68 Å². The normalized spacial score (nSPS) is 10.4. The maximum atomic E-state index is 12.9. The zero-order valence-electron chi connectivity index (χ0n) is 14.9. The van der Waals surface area contributed by atoms with Crippen LogP contribution in [0.15, 0.2) is 59.4 Å². The van der Waals surface area contributed by atoms with Crippen molar-refractivity contribution in [2.45, 2.75) is 6.92 Å². The lowest BCUT2D eigenvalue weighted by atomic mass is 10.1. The van der Waals surface area contributed by atoms with Gasteiger partial charge in [0, 0.05) is 7.05 Å². The molecule has 0 radical (unpaired) electrons. The summed E-state index contributed by atoms with van der Waals surface area (Å²) >= 11 is 5.32. The number of aromatic nitrogens is 2. The molecule has 2 aromatic carbocycles. The van der Waals surface area contributed by atoms with Crippen molar-refractivity contribution in [3.05, 3.63) is 76.2 Å². The summed E-state index contributed by atoms with van der Waals surface area (Å²) < 4.78 is 3.30. The first kappa shape index (κ1) is 18.4. The summed E-state index contributed by atoms with van der Waals surface area (Å²) in [6.07, 6.45) is 0. The molecule has 0 aliphatic carbocycles. The van der Waals surface area contributed by atoms with E-state index >= 15 is 0 Å². The molecular weight excluding hydrogens is 362 g/mol. The number of benzene rings is 2. The Morgan fingerprint density at radius 2 is 1.67 bits per heavy atom. The molecule has 4 N–H and O–H groups in total. The second kappa shape index (κ2) is 7.46. The molecule has 1 heterocycles. The standard InChI is InChI=1S/C19H19N5O2S/c1-12-16(18(26)24(23(12)2)13-8-4-3-5-9-13)22-19(27)21-15-11-7-6-10-14(15)17(20)25/h3-11H,1-2H3,(H2,20,25)(H2,21,22,27). The van der Waals surface area contributed by atoms with Gasteiger partial charge < -0.3 is 16.4 Å². The van der Waals surface area contributed by atoms with Crippen LogP contribution in [-0.2, 0) is 7.05 Å². The van der Waals surface area contributed by atoms with Gasteiger partial charge in [0.1, 0.15) is 5.69 Å². The van der Waals surface area contributed by atoms with E-state index in [2.05, 4.69) is 10.6 Å². The molecule has 3 aromatic rings. The van der Waals surface area contributed by atoms with Gasteiger partial charge in [0.2, 0.25) is 0 Å². The number of rotatable bonds is 4. The predicted molar refractivity (Wildman–Crippen MR) is 111 cm³/mol. The molecule has 7 nitrogen and oxygen atoms in total. The van der Waals surface area contributed by atoms with Gasteiger partial charge in [-0.3, -0.25) is 14.3 Å². The maximum Gasteiger partial charge on any atom is 0.295 e. The van der Waals surface area contributed by atoms with Crippen LogP contribution in [0.1, 0.15) is 16.1 Å². The molecule has 0 bridgehead atoms. The Morgan fingerprint density at radius 1 is 1.04 bits per heavy atom. The summed E-state index contributed by atoms with van der Waals surface area (Å²) in [6.45, 7) is 1.82. The molecule has 0 saturated carbocycles. The lowest BCUT2D eigenvalue weighted by molar-refractivity contribution is 0.100. The topological polar surface area (TPSA) is 94.1 Å². The lowest BCUT2D eigenvalue weighted by Gasteiger charge is -2.12. The Kier molecular flexibility index (Phi) is 5.09. The van der Waals surface area contributed by atoms with E-state index in [-0.39, 0.29) is 10.7 Å². The molecule has 0 atom stereocenters. The van der Waals surface area contributed by atoms with Gasteiger partial charge in [0.15, 0.2) is 5.11 Å². The van der Waals surface area contributed by atoms with E-state index in [1.54, 1.807) is 40.7 Å². The van der Waals surface area contributed by atoms with Gasteiger partial charge in [-0.2, -0.15) is 0 Å². The number of thiocarbonyl (C=S) groups is 1. The van der Waals surface area contributed by atoms with E-state index in [9.17, 15) is 9.59 Å². The monoisotopic (exact) mass is 381 g/mol. The van der Waals surface area contributed by atoms with Crippen LogP contribution in [0.5, 0.6) is 0 Å². The van der Waals surface area contributed by atoms with Gasteiger partial charge >= 0.3 is 0 Å². The van der Waals surface area contributed by atoms with Crippen LogP contribution in [0, 0.1) is 6.92 Å². The van der Waals surface area contributed by atoms with Crippen molar-refractivity contribution >= 4 is 34.6 Å². The fraction of sp³-hybridized carbons (Fsp3) is 0.105. The molecular formula is C19H19N5O2S. The van der Waals surface area contributed by atoms with E-state index in [4.69, 9.17) is 18.0 Å². The second-order valence-corrected chi connectivity index (χ2v) is 6.33. The quantitative estimate of drug-likeness (QED) is 0.604. The average molecular weight is 381 g/mol. The van der Waals surface area contributed by atoms with Crippen LogP contribution < -0.4 is 21.9 Å². The number of para-hydroxylation sites is 2. The van der Waals surface area contributed by atoms with Crippen LogP contribution >= 0.6 is 12.2 Å². The third kappa shape index (κ3) is 3.61. The summed E-state index contributed by atoms with van der Waals surface area (Å²) in [6, 6.07) is 16.1. The Balaban J connectivity index is 1.90. The van der Waals surface area contributed by atoms with Crippen molar-refractivity contribution in [3.63, 3.8) is 0 Å². The van der Waals surface area contributed by atoms with Crippen LogP contribution in [0.2, 0.25) is 0 Å². The molecule has 0 unspecified atom stereocenters. The van der Waals surface area contributed by atoms with Crippen LogP contribution in [0.4, 0.5) is 11.4 Å². The van der Waals surface area contributed by atoms with Crippen LogP contribution in [0.3, 0.4) is 0 Å². The molecule has 138 valence electrons. The van der Waals surface area contributed by atoms with E-state index < -0.39 is 5.91 Å². The molecule has 0 fully saturated rings. The number of nitrogens with one attached hydrogen (secondary N) is 2. The van der Waals surface area contributed by atoms with Crippen molar-refractivity contribution in [1.82, 2.24) is 9.36 Å². The number of hydrogen-bond acceptors (Lipinski definition) is 3. The molecule has 8 heteroatoms. The minimum Gasteiger partial charge on any atom is -0.366 e. The van der Waals surface area contributed by atoms with Crippen molar-refractivity contribution in [2.24, 2.45) is 12.8 Å². The summed E-state index contributed by atoms with van der Waals surface area (Å²) in [5, 5.41) is 6.05. The zero-order chi connectivity index (χ0) is 19.6. The Hall–Kier alpha value is -3.39. The lowest BCUT2D eigenvalue weighted by Crippen LogP contribution is -2.26. The average Bonchev–Trinajstić information content (AvgIpc) is 2.86. The molecule has 0 saturated heterocycles. The smallest absolute Gasteiger partial charge is 0.295 e. The highest BCUT2D eigenvalue weighted by Gasteiger charge is 2.17. The molecule has 1 aromatic heterocycles. The number of hydrogen-bond donors (Lipinski definition) is 3. The zero-order valence-corrected chi connectivity index (χ0v) is 15.7. The minimum atomic E-state index is -0.566. The summed E-state index contributed by atoms with van der Waals surface area (Å²) in [7, 11) is 1.80. The number of nitrogens with zero attached hydrogens (tertiary/aromatic N) is 2. The SMILES string of the molecule is Cc1c(NC(=S)Nc2ccccc2C(N)=O)c(=O)n(-c2ccccc2)n1C. The van der Waals surface area contributed by atoms with Gasteiger partial charge in [0.25, 0.3) is 11.5 Å². The third-order valence-electron chi connectivity index (χ3n) is 4.23. The van der Waals surface area contributed by atoms with E-state index in [0.29, 0.717) is 16.9 Å². The van der Waals surface area contributed by atoms with Gasteiger partial charge in [-0.05, 0) is 43.4 Å². The predicted octanol–water partition coefficient (Wildman–Crippen LogP) is 2.39. The summed E-state index contributed by atoms with van der Waals surface area (Å²) in [5.74, 6) is -0.566. The fourth-order valence-electron chi connectivity index (χ4n) is 2.79.